The fourth-order valence-electron chi connectivity index (χ4n) is 2.83. The number of ether oxygens (including phenoxy) is 2. The standard InChI is InChI=1S/C21H24ClNO6S/c1-5-23(6-2)30(26,27)16-9-7-14(3)17(12-16)21(25)29-13-19(24)15-8-10-20(28-4)18(22)11-15/h7-12H,5-6,13H2,1-4H3. The Bertz CT molecular complexity index is 1050. The lowest BCUT2D eigenvalue weighted by molar-refractivity contribution is 0.0473. The van der Waals surface area contributed by atoms with E-state index in [4.69, 9.17) is 21.1 Å². The number of carbonyl (C=O) groups is 2. The van der Waals surface area contributed by atoms with Crippen molar-refractivity contribution >= 4 is 33.4 Å². The van der Waals surface area contributed by atoms with Crippen LogP contribution in [0.4, 0.5) is 0 Å². The molecule has 0 saturated heterocycles. The van der Waals surface area contributed by atoms with Crippen LogP contribution in [0.2, 0.25) is 5.02 Å². The van der Waals surface area contributed by atoms with E-state index in [1.807, 2.05) is 0 Å². The van der Waals surface area contributed by atoms with Crippen molar-refractivity contribution in [3.63, 3.8) is 0 Å². The van der Waals surface area contributed by atoms with Crippen molar-refractivity contribution < 1.29 is 27.5 Å². The molecule has 0 unspecified atom stereocenters. The van der Waals surface area contributed by atoms with Crippen molar-refractivity contribution in [3.05, 3.63) is 58.1 Å². The first-order chi connectivity index (χ1) is 14.1. The molecule has 0 bridgehead atoms. The van der Waals surface area contributed by atoms with Gasteiger partial charge >= 0.3 is 5.97 Å². The van der Waals surface area contributed by atoms with Crippen LogP contribution in [0.3, 0.4) is 0 Å². The summed E-state index contributed by atoms with van der Waals surface area (Å²) < 4.78 is 36.9. The lowest BCUT2D eigenvalue weighted by atomic mass is 10.1. The maximum absolute atomic E-state index is 12.7. The number of ketones is 1. The third kappa shape index (κ3) is 5.19. The second kappa shape index (κ2) is 10.1. The largest absolute Gasteiger partial charge is 0.495 e. The Labute approximate surface area is 181 Å². The molecule has 2 aromatic carbocycles. The number of benzene rings is 2. The Morgan fingerprint density at radius 1 is 1.07 bits per heavy atom. The van der Waals surface area contributed by atoms with Gasteiger partial charge in [-0.1, -0.05) is 31.5 Å². The molecule has 0 amide bonds. The summed E-state index contributed by atoms with van der Waals surface area (Å²) in [5.74, 6) is -0.804. The smallest absolute Gasteiger partial charge is 0.338 e. The molecule has 0 aliphatic heterocycles. The molecular weight excluding hydrogens is 430 g/mol. The molecule has 7 nitrogen and oxygen atoms in total. The zero-order chi connectivity index (χ0) is 22.5. The van der Waals surface area contributed by atoms with Crippen LogP contribution in [0, 0.1) is 6.92 Å². The van der Waals surface area contributed by atoms with Crippen molar-refractivity contribution in [2.75, 3.05) is 26.8 Å². The van der Waals surface area contributed by atoms with Crippen LogP contribution in [0.1, 0.15) is 40.1 Å². The maximum Gasteiger partial charge on any atom is 0.338 e. The Morgan fingerprint density at radius 2 is 1.73 bits per heavy atom. The lowest BCUT2D eigenvalue weighted by Crippen LogP contribution is -2.30. The van der Waals surface area contributed by atoms with Crippen LogP contribution in [0.5, 0.6) is 5.75 Å². The Morgan fingerprint density at radius 3 is 2.30 bits per heavy atom. The second-order valence-electron chi connectivity index (χ2n) is 6.41. The molecule has 2 rings (SSSR count). The van der Waals surface area contributed by atoms with E-state index in [1.54, 1.807) is 26.8 Å². The molecule has 0 aliphatic carbocycles. The first-order valence-corrected chi connectivity index (χ1v) is 11.1. The summed E-state index contributed by atoms with van der Waals surface area (Å²) in [6, 6.07) is 8.76. The summed E-state index contributed by atoms with van der Waals surface area (Å²) in [5, 5.41) is 0.264. The van der Waals surface area contributed by atoms with Crippen molar-refractivity contribution in [1.29, 1.82) is 0 Å². The van der Waals surface area contributed by atoms with Crippen LogP contribution in [0.15, 0.2) is 41.3 Å². The minimum absolute atomic E-state index is 0.00277. The van der Waals surface area contributed by atoms with Crippen LogP contribution >= 0.6 is 11.6 Å². The van der Waals surface area contributed by atoms with E-state index in [1.165, 1.54) is 41.7 Å². The molecule has 0 aliphatic rings. The molecule has 9 heteroatoms. The number of carbonyl (C=O) groups excluding carboxylic acids is 2. The molecule has 0 saturated carbocycles. The molecule has 0 aromatic heterocycles. The number of sulfonamides is 1. The van der Waals surface area contributed by atoms with Gasteiger partial charge in [-0.2, -0.15) is 4.31 Å². The Kier molecular flexibility index (Phi) is 8.00. The van der Waals surface area contributed by atoms with Gasteiger partial charge < -0.3 is 9.47 Å². The summed E-state index contributed by atoms with van der Waals surface area (Å²) in [7, 11) is -2.27. The Balaban J connectivity index is 2.19. The monoisotopic (exact) mass is 453 g/mol. The topological polar surface area (TPSA) is 90.0 Å². The van der Waals surface area contributed by atoms with E-state index in [0.29, 0.717) is 24.4 Å². The number of hydrogen-bond acceptors (Lipinski definition) is 6. The summed E-state index contributed by atoms with van der Waals surface area (Å²) in [5.41, 5.74) is 0.894. The van der Waals surface area contributed by atoms with E-state index < -0.39 is 28.4 Å². The summed E-state index contributed by atoms with van der Waals surface area (Å²) in [6.45, 7) is 5.25. The number of halogens is 1. The van der Waals surface area contributed by atoms with Gasteiger partial charge in [0.05, 0.1) is 22.6 Å². The summed E-state index contributed by atoms with van der Waals surface area (Å²) >= 11 is 6.02. The molecule has 162 valence electrons. The normalized spacial score (nSPS) is 11.4. The zero-order valence-corrected chi connectivity index (χ0v) is 18.8. The predicted molar refractivity (Wildman–Crippen MR) is 114 cm³/mol. The molecule has 0 spiro atoms. The molecule has 0 N–H and O–H groups in total. The average Bonchev–Trinajstić information content (AvgIpc) is 2.72. The SMILES string of the molecule is CCN(CC)S(=O)(=O)c1ccc(C)c(C(=O)OCC(=O)c2ccc(OC)c(Cl)c2)c1. The molecule has 0 radical (unpaired) electrons. The highest BCUT2D eigenvalue weighted by atomic mass is 35.5. The number of rotatable bonds is 9. The number of aryl methyl sites for hydroxylation is 1. The molecule has 30 heavy (non-hydrogen) atoms. The predicted octanol–water partition coefficient (Wildman–Crippen LogP) is 3.73. The average molecular weight is 454 g/mol. The Hall–Kier alpha value is -2.42. The lowest BCUT2D eigenvalue weighted by Gasteiger charge is -2.19. The minimum atomic E-state index is -3.73. The number of nitrogens with zero attached hydrogens (tertiary/aromatic N) is 1. The van der Waals surface area contributed by atoms with Crippen molar-refractivity contribution in [1.82, 2.24) is 4.31 Å². The number of methoxy groups -OCH3 is 1. The van der Waals surface area contributed by atoms with Crippen LogP contribution in [0.25, 0.3) is 0 Å². The van der Waals surface area contributed by atoms with Gasteiger partial charge in [0.15, 0.2) is 12.4 Å². The molecule has 0 heterocycles. The fraction of sp³-hybridized carbons (Fsp3) is 0.333. The van der Waals surface area contributed by atoms with Gasteiger partial charge in [-0.05, 0) is 42.8 Å². The van der Waals surface area contributed by atoms with E-state index >= 15 is 0 Å². The zero-order valence-electron chi connectivity index (χ0n) is 17.3. The highest BCUT2D eigenvalue weighted by Gasteiger charge is 2.24. The van der Waals surface area contributed by atoms with Gasteiger partial charge in [0.25, 0.3) is 0 Å². The summed E-state index contributed by atoms with van der Waals surface area (Å²) in [6.07, 6.45) is 0. The third-order valence-electron chi connectivity index (χ3n) is 4.58. The summed E-state index contributed by atoms with van der Waals surface area (Å²) in [4.78, 5) is 24.9. The van der Waals surface area contributed by atoms with Crippen LogP contribution in [-0.2, 0) is 14.8 Å². The van der Waals surface area contributed by atoms with Gasteiger partial charge in [0.1, 0.15) is 5.75 Å². The van der Waals surface area contributed by atoms with Crippen LogP contribution < -0.4 is 4.74 Å². The number of esters is 1. The number of hydrogen-bond donors (Lipinski definition) is 0. The van der Waals surface area contributed by atoms with E-state index in [-0.39, 0.29) is 21.0 Å². The van der Waals surface area contributed by atoms with Gasteiger partial charge in [0, 0.05) is 18.7 Å². The third-order valence-corrected chi connectivity index (χ3v) is 6.92. The fourth-order valence-corrected chi connectivity index (χ4v) is 4.57. The van der Waals surface area contributed by atoms with Crippen molar-refractivity contribution in [3.8, 4) is 5.75 Å². The number of Topliss-reactive ketones (excluding diaryl/α,β-unsaturated/α-hetero) is 1. The second-order valence-corrected chi connectivity index (χ2v) is 8.76. The van der Waals surface area contributed by atoms with E-state index in [0.717, 1.165) is 0 Å². The van der Waals surface area contributed by atoms with Gasteiger partial charge in [-0.15, -0.1) is 0 Å². The molecule has 0 atom stereocenters. The molecule has 0 fully saturated rings. The van der Waals surface area contributed by atoms with Crippen LogP contribution in [-0.4, -0.2) is 51.3 Å². The van der Waals surface area contributed by atoms with Crippen molar-refractivity contribution in [2.24, 2.45) is 0 Å². The van der Waals surface area contributed by atoms with E-state index in [9.17, 15) is 18.0 Å². The minimum Gasteiger partial charge on any atom is -0.495 e. The molecule has 2 aromatic rings. The van der Waals surface area contributed by atoms with Gasteiger partial charge in [0.2, 0.25) is 10.0 Å². The first-order valence-electron chi connectivity index (χ1n) is 9.30. The highest BCUT2D eigenvalue weighted by molar-refractivity contribution is 7.89. The van der Waals surface area contributed by atoms with Gasteiger partial charge in [-0.3, -0.25) is 4.79 Å². The maximum atomic E-state index is 12.7. The quantitative estimate of drug-likeness (QED) is 0.424. The highest BCUT2D eigenvalue weighted by Crippen LogP contribution is 2.25. The first kappa shape index (κ1) is 23.9. The van der Waals surface area contributed by atoms with E-state index in [2.05, 4.69) is 0 Å². The van der Waals surface area contributed by atoms with Crippen molar-refractivity contribution in [2.45, 2.75) is 25.7 Å². The van der Waals surface area contributed by atoms with Gasteiger partial charge in [-0.25, -0.2) is 13.2 Å². The molecular formula is C21H24ClNO6S.